The van der Waals surface area contributed by atoms with Crippen molar-refractivity contribution in [2.24, 2.45) is 4.99 Å². The van der Waals surface area contributed by atoms with Crippen LogP contribution in [0.4, 0.5) is 0 Å². The Kier molecular flexibility index (Phi) is 8.48. The van der Waals surface area contributed by atoms with Crippen molar-refractivity contribution in [2.75, 3.05) is 48.4 Å². The Morgan fingerprint density at radius 1 is 1.30 bits per heavy atom. The molecule has 0 aromatic heterocycles. The molecule has 1 aromatic carbocycles. The molecular formula is C18H32N4O. The van der Waals surface area contributed by atoms with Gasteiger partial charge in [0, 0.05) is 27.2 Å². The largest absolute Gasteiger partial charge is 0.497 e. The van der Waals surface area contributed by atoms with Crippen LogP contribution in [0.2, 0.25) is 0 Å². The smallest absolute Gasteiger partial charge is 0.193 e. The molecule has 0 bridgehead atoms. The number of unbranched alkanes of at least 4 members (excludes halogenated alkanes) is 1. The summed E-state index contributed by atoms with van der Waals surface area (Å²) in [5, 5.41) is 3.49. The van der Waals surface area contributed by atoms with Gasteiger partial charge in [0.05, 0.1) is 13.2 Å². The molecule has 0 aliphatic carbocycles. The quantitative estimate of drug-likeness (QED) is 0.590. The van der Waals surface area contributed by atoms with Crippen LogP contribution in [0.5, 0.6) is 5.75 Å². The van der Waals surface area contributed by atoms with Crippen LogP contribution in [0.25, 0.3) is 0 Å². The third-order valence-electron chi connectivity index (χ3n) is 3.98. The summed E-state index contributed by atoms with van der Waals surface area (Å²) in [5.74, 6) is 1.83. The fraction of sp³-hybridized carbons (Fsp3) is 0.611. The fourth-order valence-electron chi connectivity index (χ4n) is 2.52. The van der Waals surface area contributed by atoms with Gasteiger partial charge in [0.25, 0.3) is 0 Å². The average molecular weight is 320 g/mol. The number of guanidine groups is 1. The fourth-order valence-corrected chi connectivity index (χ4v) is 2.52. The van der Waals surface area contributed by atoms with Gasteiger partial charge in [0.2, 0.25) is 0 Å². The molecule has 0 amide bonds. The van der Waals surface area contributed by atoms with E-state index < -0.39 is 0 Å². The second-order valence-electron chi connectivity index (χ2n) is 5.96. The molecule has 130 valence electrons. The first-order valence-corrected chi connectivity index (χ1v) is 8.25. The summed E-state index contributed by atoms with van der Waals surface area (Å²) in [6.45, 7) is 4.01. The monoisotopic (exact) mass is 320 g/mol. The first kappa shape index (κ1) is 19.3. The highest BCUT2D eigenvalue weighted by Gasteiger charge is 2.16. The summed E-state index contributed by atoms with van der Waals surface area (Å²) in [6.07, 6.45) is 2.36. The molecule has 0 aliphatic rings. The van der Waals surface area contributed by atoms with Gasteiger partial charge in [0.1, 0.15) is 5.75 Å². The van der Waals surface area contributed by atoms with E-state index in [2.05, 4.69) is 60.3 Å². The van der Waals surface area contributed by atoms with Gasteiger partial charge < -0.3 is 19.9 Å². The van der Waals surface area contributed by atoms with Gasteiger partial charge in [-0.3, -0.25) is 4.99 Å². The van der Waals surface area contributed by atoms with Crippen molar-refractivity contribution >= 4 is 5.96 Å². The summed E-state index contributed by atoms with van der Waals surface area (Å²) in [6, 6.07) is 8.49. The highest BCUT2D eigenvalue weighted by molar-refractivity contribution is 5.79. The summed E-state index contributed by atoms with van der Waals surface area (Å²) >= 11 is 0. The van der Waals surface area contributed by atoms with E-state index >= 15 is 0 Å². The Labute approximate surface area is 141 Å². The first-order valence-electron chi connectivity index (χ1n) is 8.25. The molecule has 0 heterocycles. The molecular weight excluding hydrogens is 288 g/mol. The summed E-state index contributed by atoms with van der Waals surface area (Å²) < 4.78 is 5.34. The van der Waals surface area contributed by atoms with Crippen molar-refractivity contribution in [2.45, 2.75) is 25.8 Å². The topological polar surface area (TPSA) is 40.1 Å². The second-order valence-corrected chi connectivity index (χ2v) is 5.96. The number of nitrogens with zero attached hydrogens (tertiary/aromatic N) is 3. The number of hydrogen-bond donors (Lipinski definition) is 1. The highest BCUT2D eigenvalue weighted by atomic mass is 16.5. The Hall–Kier alpha value is -1.75. The maximum atomic E-state index is 5.34. The number of benzene rings is 1. The predicted molar refractivity (Wildman–Crippen MR) is 98.3 cm³/mol. The van der Waals surface area contributed by atoms with Gasteiger partial charge in [-0.05, 0) is 38.2 Å². The Morgan fingerprint density at radius 3 is 2.61 bits per heavy atom. The molecule has 5 heteroatoms. The lowest BCUT2D eigenvalue weighted by atomic mass is 10.1. The number of rotatable bonds is 8. The van der Waals surface area contributed by atoms with Crippen molar-refractivity contribution in [3.8, 4) is 5.75 Å². The molecule has 0 saturated carbocycles. The van der Waals surface area contributed by atoms with E-state index in [-0.39, 0.29) is 6.04 Å². The summed E-state index contributed by atoms with van der Waals surface area (Å²) in [4.78, 5) is 8.78. The van der Waals surface area contributed by atoms with E-state index in [1.807, 2.05) is 19.2 Å². The molecule has 23 heavy (non-hydrogen) atoms. The van der Waals surface area contributed by atoms with Crippen molar-refractivity contribution < 1.29 is 4.74 Å². The van der Waals surface area contributed by atoms with Crippen molar-refractivity contribution in [3.05, 3.63) is 29.8 Å². The van der Waals surface area contributed by atoms with Crippen molar-refractivity contribution in [3.63, 3.8) is 0 Å². The molecule has 0 saturated heterocycles. The number of nitrogens with one attached hydrogen (secondary N) is 1. The zero-order valence-corrected chi connectivity index (χ0v) is 15.5. The Morgan fingerprint density at radius 2 is 2.04 bits per heavy atom. The van der Waals surface area contributed by atoms with E-state index in [9.17, 15) is 0 Å². The van der Waals surface area contributed by atoms with Crippen LogP contribution in [-0.2, 0) is 0 Å². The van der Waals surface area contributed by atoms with Crippen LogP contribution in [-0.4, -0.2) is 64.1 Å². The molecule has 1 unspecified atom stereocenters. The molecule has 0 radical (unpaired) electrons. The standard InChI is InChI=1S/C18H32N4O/c1-7-8-12-22(5)18(19-2)20-14-17(21(3)4)15-10-9-11-16(13-15)23-6/h9-11,13,17H,7-8,12,14H2,1-6H3,(H,19,20). The third kappa shape index (κ3) is 6.10. The maximum absolute atomic E-state index is 5.34. The number of ether oxygens (including phenoxy) is 1. The molecule has 0 spiro atoms. The van der Waals surface area contributed by atoms with Crippen molar-refractivity contribution in [1.29, 1.82) is 0 Å². The van der Waals surface area contributed by atoms with Crippen LogP contribution in [0.1, 0.15) is 31.4 Å². The van der Waals surface area contributed by atoms with E-state index in [0.29, 0.717) is 0 Å². The number of hydrogen-bond acceptors (Lipinski definition) is 3. The molecule has 0 fully saturated rings. The minimum atomic E-state index is 0.251. The van der Waals surface area contributed by atoms with Crippen LogP contribution in [0.3, 0.4) is 0 Å². The van der Waals surface area contributed by atoms with Gasteiger partial charge in [-0.1, -0.05) is 25.5 Å². The summed E-state index contributed by atoms with van der Waals surface area (Å²) in [7, 11) is 9.81. The zero-order chi connectivity index (χ0) is 17.2. The lowest BCUT2D eigenvalue weighted by Gasteiger charge is -2.28. The number of likely N-dealkylation sites (N-methyl/N-ethyl adjacent to an activating group) is 1. The Bertz CT molecular complexity index is 488. The first-order chi connectivity index (χ1) is 11.0. The molecule has 5 nitrogen and oxygen atoms in total. The zero-order valence-electron chi connectivity index (χ0n) is 15.5. The van der Waals surface area contributed by atoms with Gasteiger partial charge in [0.15, 0.2) is 5.96 Å². The normalized spacial score (nSPS) is 13.1. The minimum absolute atomic E-state index is 0.251. The van der Waals surface area contributed by atoms with Crippen LogP contribution < -0.4 is 10.1 Å². The van der Waals surface area contributed by atoms with Gasteiger partial charge >= 0.3 is 0 Å². The summed E-state index contributed by atoms with van der Waals surface area (Å²) in [5.41, 5.74) is 1.23. The Balaban J connectivity index is 2.76. The van der Waals surface area contributed by atoms with Crippen LogP contribution >= 0.6 is 0 Å². The highest BCUT2D eigenvalue weighted by Crippen LogP contribution is 2.22. The second kappa shape index (κ2) is 10.1. The van der Waals surface area contributed by atoms with Crippen molar-refractivity contribution in [1.82, 2.24) is 15.1 Å². The van der Waals surface area contributed by atoms with E-state index in [1.165, 1.54) is 18.4 Å². The van der Waals surface area contributed by atoms with Crippen LogP contribution in [0, 0.1) is 0 Å². The lowest BCUT2D eigenvalue weighted by Crippen LogP contribution is -2.43. The SMILES string of the molecule is CCCCN(C)C(=NC)NCC(c1cccc(OC)c1)N(C)C. The van der Waals surface area contributed by atoms with Gasteiger partial charge in [-0.15, -0.1) is 0 Å². The van der Waals surface area contributed by atoms with E-state index in [0.717, 1.165) is 24.8 Å². The van der Waals surface area contributed by atoms with Gasteiger partial charge in [-0.25, -0.2) is 0 Å². The molecule has 1 aromatic rings. The average Bonchev–Trinajstić information content (AvgIpc) is 2.56. The lowest BCUT2D eigenvalue weighted by molar-refractivity contribution is 0.294. The maximum Gasteiger partial charge on any atom is 0.193 e. The van der Waals surface area contributed by atoms with E-state index in [4.69, 9.17) is 4.74 Å². The van der Waals surface area contributed by atoms with Gasteiger partial charge in [-0.2, -0.15) is 0 Å². The van der Waals surface area contributed by atoms with Crippen LogP contribution in [0.15, 0.2) is 29.3 Å². The minimum Gasteiger partial charge on any atom is -0.497 e. The number of aliphatic imine (C=N–C) groups is 1. The molecule has 1 N–H and O–H groups in total. The third-order valence-corrected chi connectivity index (χ3v) is 3.98. The van der Waals surface area contributed by atoms with E-state index in [1.54, 1.807) is 7.11 Å². The molecule has 1 rings (SSSR count). The molecule has 1 atom stereocenters. The predicted octanol–water partition coefficient (Wildman–Crippen LogP) is 2.61. The molecule has 0 aliphatic heterocycles. The number of methoxy groups -OCH3 is 1.